The molecule has 1 aliphatic rings. The molecule has 5 nitrogen and oxygen atoms in total. The van der Waals surface area contributed by atoms with Crippen molar-refractivity contribution in [1.29, 1.82) is 0 Å². The van der Waals surface area contributed by atoms with E-state index in [1.807, 2.05) is 6.92 Å². The van der Waals surface area contributed by atoms with Crippen molar-refractivity contribution in [3.8, 4) is 0 Å². The lowest BCUT2D eigenvalue weighted by Crippen LogP contribution is -2.37. The Bertz CT molecular complexity index is 389. The molecule has 1 fully saturated rings. The van der Waals surface area contributed by atoms with Crippen molar-refractivity contribution < 1.29 is 4.79 Å². The summed E-state index contributed by atoms with van der Waals surface area (Å²) in [6, 6.07) is 0.366. The van der Waals surface area contributed by atoms with Gasteiger partial charge in [-0.25, -0.2) is 0 Å². The van der Waals surface area contributed by atoms with Gasteiger partial charge in [0.15, 0.2) is 4.34 Å². The van der Waals surface area contributed by atoms with E-state index in [1.54, 1.807) is 0 Å². The predicted molar refractivity (Wildman–Crippen MR) is 70.0 cm³/mol. The number of amides is 1. The minimum atomic E-state index is -0.150. The molecule has 1 heterocycles. The first kappa shape index (κ1) is 12.6. The maximum absolute atomic E-state index is 11.9. The summed E-state index contributed by atoms with van der Waals surface area (Å²) < 4.78 is 0.747. The minimum Gasteiger partial charge on any atom is -0.374 e. The highest BCUT2D eigenvalue weighted by molar-refractivity contribution is 8.02. The smallest absolute Gasteiger partial charge is 0.233 e. The van der Waals surface area contributed by atoms with E-state index < -0.39 is 0 Å². The number of carbonyl (C=O) groups excluding carboxylic acids is 1. The van der Waals surface area contributed by atoms with Crippen LogP contribution in [-0.2, 0) is 4.79 Å². The van der Waals surface area contributed by atoms with Crippen LogP contribution in [0.25, 0.3) is 0 Å². The van der Waals surface area contributed by atoms with Crippen molar-refractivity contribution in [2.75, 3.05) is 5.73 Å². The Morgan fingerprint density at radius 3 is 2.82 bits per heavy atom. The second kappa shape index (κ2) is 5.68. The van der Waals surface area contributed by atoms with Crippen LogP contribution in [0, 0.1) is 0 Å². The Hall–Kier alpha value is -0.820. The molecule has 0 unspecified atom stereocenters. The van der Waals surface area contributed by atoms with E-state index in [0.29, 0.717) is 11.2 Å². The molecule has 1 saturated carbocycles. The topological polar surface area (TPSA) is 80.9 Å². The van der Waals surface area contributed by atoms with Crippen molar-refractivity contribution in [2.45, 2.75) is 48.2 Å². The molecule has 1 amide bonds. The Balaban J connectivity index is 1.82. The van der Waals surface area contributed by atoms with Crippen LogP contribution in [0.1, 0.15) is 32.6 Å². The summed E-state index contributed by atoms with van der Waals surface area (Å²) in [5, 5.41) is 11.0. The van der Waals surface area contributed by atoms with Gasteiger partial charge in [0.2, 0.25) is 11.0 Å². The van der Waals surface area contributed by atoms with E-state index in [0.717, 1.165) is 17.2 Å². The average Bonchev–Trinajstić information content (AvgIpc) is 2.90. The maximum Gasteiger partial charge on any atom is 0.233 e. The number of anilines is 1. The number of hydrogen-bond acceptors (Lipinski definition) is 6. The van der Waals surface area contributed by atoms with Gasteiger partial charge in [0.05, 0.1) is 5.25 Å². The molecule has 1 aromatic heterocycles. The number of nitrogen functional groups attached to an aromatic ring is 1. The number of thioether (sulfide) groups is 1. The third-order valence-corrected chi connectivity index (χ3v) is 4.71. The second-order valence-electron chi connectivity index (χ2n) is 4.16. The fraction of sp³-hybridized carbons (Fsp3) is 0.700. The van der Waals surface area contributed by atoms with Crippen LogP contribution in [0.2, 0.25) is 0 Å². The molecule has 2 rings (SSSR count). The first-order valence-electron chi connectivity index (χ1n) is 5.71. The van der Waals surface area contributed by atoms with Gasteiger partial charge in [0.1, 0.15) is 0 Å². The lowest BCUT2D eigenvalue weighted by molar-refractivity contribution is -0.120. The van der Waals surface area contributed by atoms with E-state index in [2.05, 4.69) is 15.5 Å². The van der Waals surface area contributed by atoms with Gasteiger partial charge in [-0.3, -0.25) is 4.79 Å². The van der Waals surface area contributed by atoms with Crippen LogP contribution in [-0.4, -0.2) is 27.4 Å². The fourth-order valence-electron chi connectivity index (χ4n) is 1.86. The monoisotopic (exact) mass is 272 g/mol. The Morgan fingerprint density at radius 2 is 2.24 bits per heavy atom. The molecule has 0 spiro atoms. The zero-order chi connectivity index (χ0) is 12.3. The molecular weight excluding hydrogens is 256 g/mol. The molecule has 0 saturated heterocycles. The van der Waals surface area contributed by atoms with Gasteiger partial charge in [-0.05, 0) is 19.8 Å². The van der Waals surface area contributed by atoms with E-state index in [1.165, 1.54) is 35.9 Å². The zero-order valence-electron chi connectivity index (χ0n) is 9.68. The van der Waals surface area contributed by atoms with E-state index in [9.17, 15) is 4.79 Å². The van der Waals surface area contributed by atoms with Gasteiger partial charge >= 0.3 is 0 Å². The standard InChI is InChI=1S/C10H16N4OS2/c1-6(16-10-14-13-9(11)17-10)8(15)12-7-4-2-3-5-7/h6-7H,2-5H2,1H3,(H2,11,13)(H,12,15)/t6-/m1/s1. The molecule has 1 aromatic rings. The molecule has 7 heteroatoms. The summed E-state index contributed by atoms with van der Waals surface area (Å²) >= 11 is 2.72. The van der Waals surface area contributed by atoms with Crippen molar-refractivity contribution in [2.24, 2.45) is 0 Å². The quantitative estimate of drug-likeness (QED) is 0.815. The summed E-state index contributed by atoms with van der Waals surface area (Å²) in [7, 11) is 0. The molecule has 3 N–H and O–H groups in total. The number of nitrogens with zero attached hydrogens (tertiary/aromatic N) is 2. The molecule has 0 aromatic carbocycles. The molecule has 17 heavy (non-hydrogen) atoms. The number of nitrogens with one attached hydrogen (secondary N) is 1. The largest absolute Gasteiger partial charge is 0.374 e. The van der Waals surface area contributed by atoms with Crippen LogP contribution < -0.4 is 11.1 Å². The molecular formula is C10H16N4OS2. The van der Waals surface area contributed by atoms with Crippen LogP contribution in [0.5, 0.6) is 0 Å². The first-order valence-corrected chi connectivity index (χ1v) is 7.41. The van der Waals surface area contributed by atoms with Gasteiger partial charge in [-0.15, -0.1) is 10.2 Å². The molecule has 0 aliphatic heterocycles. The minimum absolute atomic E-state index is 0.0793. The van der Waals surface area contributed by atoms with Crippen molar-refractivity contribution in [3.63, 3.8) is 0 Å². The van der Waals surface area contributed by atoms with Gasteiger partial charge < -0.3 is 11.1 Å². The zero-order valence-corrected chi connectivity index (χ0v) is 11.3. The van der Waals surface area contributed by atoms with E-state index >= 15 is 0 Å². The third kappa shape index (κ3) is 3.57. The number of nitrogens with two attached hydrogens (primary N) is 1. The van der Waals surface area contributed by atoms with Crippen molar-refractivity contribution in [1.82, 2.24) is 15.5 Å². The molecule has 94 valence electrons. The van der Waals surface area contributed by atoms with Gasteiger partial charge in [0, 0.05) is 6.04 Å². The molecule has 0 bridgehead atoms. The van der Waals surface area contributed by atoms with E-state index in [-0.39, 0.29) is 11.2 Å². The average molecular weight is 272 g/mol. The van der Waals surface area contributed by atoms with Crippen molar-refractivity contribution >= 4 is 34.1 Å². The van der Waals surface area contributed by atoms with Gasteiger partial charge in [0.25, 0.3) is 0 Å². The van der Waals surface area contributed by atoms with Crippen LogP contribution in [0.4, 0.5) is 5.13 Å². The number of rotatable bonds is 4. The van der Waals surface area contributed by atoms with Crippen LogP contribution in [0.15, 0.2) is 4.34 Å². The fourth-order valence-corrected chi connectivity index (χ4v) is 3.65. The Morgan fingerprint density at radius 1 is 1.53 bits per heavy atom. The summed E-state index contributed by atoms with van der Waals surface area (Å²) in [6.45, 7) is 1.88. The summed E-state index contributed by atoms with van der Waals surface area (Å²) in [5.41, 5.74) is 5.49. The molecule has 1 atom stereocenters. The number of aromatic nitrogens is 2. The highest BCUT2D eigenvalue weighted by atomic mass is 32.2. The number of carbonyl (C=O) groups is 1. The van der Waals surface area contributed by atoms with Crippen LogP contribution >= 0.6 is 23.1 Å². The van der Waals surface area contributed by atoms with Gasteiger partial charge in [-0.2, -0.15) is 0 Å². The summed E-state index contributed by atoms with van der Waals surface area (Å²) in [5.74, 6) is 0.0793. The summed E-state index contributed by atoms with van der Waals surface area (Å²) in [4.78, 5) is 11.9. The maximum atomic E-state index is 11.9. The Kier molecular flexibility index (Phi) is 4.22. The normalized spacial score (nSPS) is 18.2. The second-order valence-corrected chi connectivity index (χ2v) is 6.75. The molecule has 1 aliphatic carbocycles. The first-order chi connectivity index (χ1) is 8.15. The van der Waals surface area contributed by atoms with E-state index in [4.69, 9.17) is 5.73 Å². The highest BCUT2D eigenvalue weighted by Gasteiger charge is 2.22. The lowest BCUT2D eigenvalue weighted by atomic mass is 10.2. The lowest BCUT2D eigenvalue weighted by Gasteiger charge is -2.15. The third-order valence-electron chi connectivity index (χ3n) is 2.77. The predicted octanol–water partition coefficient (Wildman–Crippen LogP) is 1.66. The summed E-state index contributed by atoms with van der Waals surface area (Å²) in [6.07, 6.45) is 4.66. The highest BCUT2D eigenvalue weighted by Crippen LogP contribution is 2.28. The van der Waals surface area contributed by atoms with Crippen LogP contribution in [0.3, 0.4) is 0 Å². The SMILES string of the molecule is C[C@@H](Sc1nnc(N)s1)C(=O)NC1CCCC1. The van der Waals surface area contributed by atoms with Crippen molar-refractivity contribution in [3.05, 3.63) is 0 Å². The number of hydrogen-bond donors (Lipinski definition) is 2. The molecule has 0 radical (unpaired) electrons. The Labute approximate surface area is 109 Å². The van der Waals surface area contributed by atoms with Gasteiger partial charge in [-0.1, -0.05) is 35.9 Å².